The van der Waals surface area contributed by atoms with Gasteiger partial charge >= 0.3 is 0 Å². The number of nitrogens with one attached hydrogen (secondary N) is 1. The Kier molecular flexibility index (Phi) is 4.37. The molecule has 0 amide bonds. The maximum Gasteiger partial charge on any atom is 0.224 e. The lowest BCUT2D eigenvalue weighted by atomic mass is 10.2. The lowest BCUT2D eigenvalue weighted by molar-refractivity contribution is 0.646. The van der Waals surface area contributed by atoms with Crippen molar-refractivity contribution in [2.45, 2.75) is 13.8 Å². The summed E-state index contributed by atoms with van der Waals surface area (Å²) in [6.45, 7) is 8.76. The number of anilines is 3. The number of hydrogen-bond acceptors (Lipinski definition) is 6. The molecule has 0 spiro atoms. The molecule has 1 saturated heterocycles. The van der Waals surface area contributed by atoms with Crippen molar-refractivity contribution in [3.05, 3.63) is 36.3 Å². The van der Waals surface area contributed by atoms with Gasteiger partial charge in [-0.3, -0.25) is 4.98 Å². The molecule has 0 radical (unpaired) electrons. The second-order valence-electron chi connectivity index (χ2n) is 5.41. The molecular formula is C16H22N6. The van der Waals surface area contributed by atoms with Crippen LogP contribution in [0.1, 0.15) is 12.6 Å². The zero-order chi connectivity index (χ0) is 15.4. The molecular weight excluding hydrogens is 276 g/mol. The molecule has 2 aromatic rings. The van der Waals surface area contributed by atoms with E-state index in [0.29, 0.717) is 5.95 Å². The van der Waals surface area contributed by atoms with Crippen LogP contribution in [-0.2, 0) is 0 Å². The number of piperazine rings is 1. The van der Waals surface area contributed by atoms with Gasteiger partial charge in [-0.05, 0) is 26.0 Å². The Hall–Kier alpha value is -2.37. The quantitative estimate of drug-likeness (QED) is 0.931. The molecule has 0 bridgehead atoms. The van der Waals surface area contributed by atoms with E-state index in [1.165, 1.54) is 5.69 Å². The molecule has 1 aliphatic rings. The Morgan fingerprint density at radius 2 is 1.91 bits per heavy atom. The minimum Gasteiger partial charge on any atom is -0.367 e. The van der Waals surface area contributed by atoms with Crippen LogP contribution in [0.3, 0.4) is 0 Å². The Balaban J connectivity index is 1.68. The molecule has 0 aromatic carbocycles. The lowest BCUT2D eigenvalue weighted by Gasteiger charge is -2.36. The first-order chi connectivity index (χ1) is 10.8. The van der Waals surface area contributed by atoms with Crippen LogP contribution < -0.4 is 15.1 Å². The third-order valence-corrected chi connectivity index (χ3v) is 3.79. The summed E-state index contributed by atoms with van der Waals surface area (Å²) in [4.78, 5) is 17.9. The normalized spacial score (nSPS) is 15.0. The summed E-state index contributed by atoms with van der Waals surface area (Å²) in [7, 11) is 0. The van der Waals surface area contributed by atoms with E-state index in [4.69, 9.17) is 0 Å². The van der Waals surface area contributed by atoms with Crippen LogP contribution in [0.15, 0.2) is 30.6 Å². The smallest absolute Gasteiger partial charge is 0.224 e. The fourth-order valence-electron chi connectivity index (χ4n) is 2.69. The average Bonchev–Trinajstić information content (AvgIpc) is 2.56. The van der Waals surface area contributed by atoms with Gasteiger partial charge < -0.3 is 15.1 Å². The van der Waals surface area contributed by atoms with Gasteiger partial charge in [-0.15, -0.1) is 0 Å². The van der Waals surface area contributed by atoms with E-state index in [-0.39, 0.29) is 0 Å². The van der Waals surface area contributed by atoms with Gasteiger partial charge in [0.15, 0.2) is 0 Å². The van der Waals surface area contributed by atoms with Crippen LogP contribution in [0.25, 0.3) is 0 Å². The SMILES string of the molecule is CCNc1nc(C)cc(N2CCN(c3cccnc3)CC2)n1. The third kappa shape index (κ3) is 3.27. The molecule has 6 heteroatoms. The summed E-state index contributed by atoms with van der Waals surface area (Å²) in [5.74, 6) is 1.72. The van der Waals surface area contributed by atoms with Crippen molar-refractivity contribution in [1.29, 1.82) is 0 Å². The van der Waals surface area contributed by atoms with E-state index in [1.807, 2.05) is 25.4 Å². The first-order valence-corrected chi connectivity index (χ1v) is 7.75. The molecule has 6 nitrogen and oxygen atoms in total. The van der Waals surface area contributed by atoms with Crippen LogP contribution >= 0.6 is 0 Å². The second kappa shape index (κ2) is 6.60. The van der Waals surface area contributed by atoms with E-state index in [0.717, 1.165) is 44.2 Å². The average molecular weight is 298 g/mol. The molecule has 0 saturated carbocycles. The van der Waals surface area contributed by atoms with Gasteiger partial charge in [0.05, 0.1) is 11.9 Å². The highest BCUT2D eigenvalue weighted by molar-refractivity contribution is 5.49. The first kappa shape index (κ1) is 14.6. The van der Waals surface area contributed by atoms with Crippen molar-refractivity contribution < 1.29 is 0 Å². The monoisotopic (exact) mass is 298 g/mol. The van der Waals surface area contributed by atoms with Gasteiger partial charge in [0.2, 0.25) is 5.95 Å². The second-order valence-corrected chi connectivity index (χ2v) is 5.41. The Morgan fingerprint density at radius 3 is 2.59 bits per heavy atom. The van der Waals surface area contributed by atoms with Gasteiger partial charge in [0.1, 0.15) is 5.82 Å². The molecule has 116 valence electrons. The van der Waals surface area contributed by atoms with E-state index < -0.39 is 0 Å². The van der Waals surface area contributed by atoms with Crippen molar-refractivity contribution >= 4 is 17.5 Å². The van der Waals surface area contributed by atoms with Crippen LogP contribution in [-0.4, -0.2) is 47.7 Å². The molecule has 1 N–H and O–H groups in total. The zero-order valence-corrected chi connectivity index (χ0v) is 13.2. The number of hydrogen-bond donors (Lipinski definition) is 1. The van der Waals surface area contributed by atoms with Crippen LogP contribution in [0.2, 0.25) is 0 Å². The number of aryl methyl sites for hydroxylation is 1. The van der Waals surface area contributed by atoms with Crippen molar-refractivity contribution in [1.82, 2.24) is 15.0 Å². The fourth-order valence-corrected chi connectivity index (χ4v) is 2.69. The van der Waals surface area contributed by atoms with Crippen molar-refractivity contribution in [2.24, 2.45) is 0 Å². The summed E-state index contributed by atoms with van der Waals surface area (Å²) in [6.07, 6.45) is 3.74. The number of rotatable bonds is 4. The van der Waals surface area contributed by atoms with Gasteiger partial charge in [-0.1, -0.05) is 0 Å². The Labute approximate surface area is 131 Å². The Morgan fingerprint density at radius 1 is 1.14 bits per heavy atom. The Bertz CT molecular complexity index is 607. The highest BCUT2D eigenvalue weighted by Crippen LogP contribution is 2.19. The maximum atomic E-state index is 4.62. The molecule has 3 heterocycles. The fraction of sp³-hybridized carbons (Fsp3) is 0.438. The molecule has 0 unspecified atom stereocenters. The highest BCUT2D eigenvalue weighted by atomic mass is 15.3. The maximum absolute atomic E-state index is 4.62. The summed E-state index contributed by atoms with van der Waals surface area (Å²) < 4.78 is 0. The number of pyridine rings is 1. The largest absolute Gasteiger partial charge is 0.367 e. The van der Waals surface area contributed by atoms with Crippen LogP contribution in [0.5, 0.6) is 0 Å². The first-order valence-electron chi connectivity index (χ1n) is 7.75. The predicted octanol–water partition coefficient (Wildman–Crippen LogP) is 1.94. The van der Waals surface area contributed by atoms with Crippen molar-refractivity contribution in [2.75, 3.05) is 47.8 Å². The van der Waals surface area contributed by atoms with Gasteiger partial charge in [-0.25, -0.2) is 4.98 Å². The summed E-state index contributed by atoms with van der Waals surface area (Å²) in [5, 5.41) is 3.19. The summed E-state index contributed by atoms with van der Waals surface area (Å²) >= 11 is 0. The van der Waals surface area contributed by atoms with Crippen LogP contribution in [0, 0.1) is 6.92 Å². The number of aromatic nitrogens is 3. The van der Waals surface area contributed by atoms with Crippen molar-refractivity contribution in [3.8, 4) is 0 Å². The van der Waals surface area contributed by atoms with Crippen molar-refractivity contribution in [3.63, 3.8) is 0 Å². The number of nitrogens with zero attached hydrogens (tertiary/aromatic N) is 5. The topological polar surface area (TPSA) is 57.2 Å². The van der Waals surface area contributed by atoms with E-state index >= 15 is 0 Å². The van der Waals surface area contributed by atoms with Gasteiger partial charge in [0, 0.05) is 50.7 Å². The molecule has 0 atom stereocenters. The summed E-state index contributed by atoms with van der Waals surface area (Å²) in [6, 6.07) is 6.15. The third-order valence-electron chi connectivity index (χ3n) is 3.79. The molecule has 1 fully saturated rings. The zero-order valence-electron chi connectivity index (χ0n) is 13.2. The standard InChI is InChI=1S/C16H22N6/c1-3-18-16-19-13(2)11-15(20-16)22-9-7-21(8-10-22)14-5-4-6-17-12-14/h4-6,11-12H,3,7-10H2,1-2H3,(H,18,19,20). The minimum atomic E-state index is 0.715. The van der Waals surface area contributed by atoms with Gasteiger partial charge in [0.25, 0.3) is 0 Å². The minimum absolute atomic E-state index is 0.715. The predicted molar refractivity (Wildman–Crippen MR) is 89.6 cm³/mol. The summed E-state index contributed by atoms with van der Waals surface area (Å²) in [5.41, 5.74) is 2.19. The molecule has 0 aliphatic carbocycles. The highest BCUT2D eigenvalue weighted by Gasteiger charge is 2.19. The van der Waals surface area contributed by atoms with E-state index in [9.17, 15) is 0 Å². The van der Waals surface area contributed by atoms with Crippen LogP contribution in [0.4, 0.5) is 17.5 Å². The van der Waals surface area contributed by atoms with E-state index in [1.54, 1.807) is 0 Å². The lowest BCUT2D eigenvalue weighted by Crippen LogP contribution is -2.47. The molecule has 22 heavy (non-hydrogen) atoms. The van der Waals surface area contributed by atoms with E-state index in [2.05, 4.69) is 49.1 Å². The molecule has 1 aliphatic heterocycles. The van der Waals surface area contributed by atoms with Gasteiger partial charge in [-0.2, -0.15) is 4.98 Å². The molecule has 3 rings (SSSR count). The molecule has 2 aromatic heterocycles.